The average molecular weight is 402 g/mol. The molecule has 2 rings (SSSR count). The van der Waals surface area contributed by atoms with Crippen molar-refractivity contribution < 1.29 is 0 Å². The van der Waals surface area contributed by atoms with Gasteiger partial charge in [0.25, 0.3) is 0 Å². The second-order valence-electron chi connectivity index (χ2n) is 3.90. The lowest BCUT2D eigenvalue weighted by Crippen LogP contribution is -2.01. The Balaban J connectivity index is 2.10. The second kappa shape index (κ2) is 5.87. The van der Waals surface area contributed by atoms with E-state index >= 15 is 0 Å². The van der Waals surface area contributed by atoms with Crippen LogP contribution in [0.3, 0.4) is 0 Å². The Morgan fingerprint density at radius 1 is 1.18 bits per heavy atom. The summed E-state index contributed by atoms with van der Waals surface area (Å²) in [4.78, 5) is 0. The molecule has 0 aromatic heterocycles. The van der Waals surface area contributed by atoms with Crippen LogP contribution < -0.4 is 5.32 Å². The highest BCUT2D eigenvalue weighted by Gasteiger charge is 2.01. The van der Waals surface area contributed by atoms with Gasteiger partial charge in [-0.2, -0.15) is 0 Å². The fourth-order valence-corrected chi connectivity index (χ4v) is 2.73. The normalized spacial score (nSPS) is 10.3. The van der Waals surface area contributed by atoms with Crippen molar-refractivity contribution >= 4 is 44.2 Å². The van der Waals surface area contributed by atoms with E-state index in [-0.39, 0.29) is 0 Å². The molecule has 0 radical (unpaired) electrons. The number of anilines is 1. The minimum Gasteiger partial charge on any atom is -0.381 e. The van der Waals surface area contributed by atoms with E-state index in [1.807, 2.05) is 6.07 Å². The van der Waals surface area contributed by atoms with Crippen LogP contribution in [0.25, 0.3) is 0 Å². The van der Waals surface area contributed by atoms with Crippen LogP contribution in [0.15, 0.2) is 46.9 Å². The maximum absolute atomic E-state index is 3.56. The van der Waals surface area contributed by atoms with Crippen molar-refractivity contribution in [3.63, 3.8) is 0 Å². The van der Waals surface area contributed by atoms with Gasteiger partial charge in [0.15, 0.2) is 0 Å². The quantitative estimate of drug-likeness (QED) is 0.715. The first-order valence-corrected chi connectivity index (χ1v) is 7.27. The Bertz CT molecular complexity index is 525. The summed E-state index contributed by atoms with van der Waals surface area (Å²) < 4.78 is 2.42. The molecule has 2 aromatic carbocycles. The molecule has 0 unspecified atom stereocenters. The maximum atomic E-state index is 3.56. The van der Waals surface area contributed by atoms with Crippen molar-refractivity contribution in [1.82, 2.24) is 0 Å². The van der Waals surface area contributed by atoms with Crippen LogP contribution in [0.2, 0.25) is 0 Å². The van der Waals surface area contributed by atoms with Gasteiger partial charge in [0.1, 0.15) is 0 Å². The number of hydrogen-bond acceptors (Lipinski definition) is 1. The standard InChI is InChI=1S/C14H13BrIN/c1-10-8-12(16)6-7-14(10)17-9-11-4-2-3-5-13(11)15/h2-8,17H,9H2,1H3. The first kappa shape index (κ1) is 12.9. The lowest BCUT2D eigenvalue weighted by Gasteiger charge is -2.11. The van der Waals surface area contributed by atoms with Crippen LogP contribution in [0, 0.1) is 10.5 Å². The van der Waals surface area contributed by atoms with Gasteiger partial charge in [-0.05, 0) is 64.9 Å². The van der Waals surface area contributed by atoms with Crippen LogP contribution in [0.1, 0.15) is 11.1 Å². The van der Waals surface area contributed by atoms with Gasteiger partial charge in [-0.15, -0.1) is 0 Å². The monoisotopic (exact) mass is 401 g/mol. The third-order valence-electron chi connectivity index (χ3n) is 2.62. The molecular formula is C14H13BrIN. The van der Waals surface area contributed by atoms with Crippen molar-refractivity contribution in [2.75, 3.05) is 5.32 Å². The van der Waals surface area contributed by atoms with E-state index in [0.29, 0.717) is 0 Å². The molecule has 0 fully saturated rings. The first-order valence-electron chi connectivity index (χ1n) is 5.40. The third-order valence-corrected chi connectivity index (χ3v) is 4.06. The van der Waals surface area contributed by atoms with Gasteiger partial charge < -0.3 is 5.32 Å². The topological polar surface area (TPSA) is 12.0 Å². The van der Waals surface area contributed by atoms with E-state index in [4.69, 9.17) is 0 Å². The highest BCUT2D eigenvalue weighted by Crippen LogP contribution is 2.21. The molecule has 0 amide bonds. The van der Waals surface area contributed by atoms with Crippen molar-refractivity contribution in [3.8, 4) is 0 Å². The highest BCUT2D eigenvalue weighted by molar-refractivity contribution is 14.1. The molecule has 0 atom stereocenters. The molecule has 0 aliphatic heterocycles. The summed E-state index contributed by atoms with van der Waals surface area (Å²) in [7, 11) is 0. The van der Waals surface area contributed by atoms with Gasteiger partial charge in [-0.3, -0.25) is 0 Å². The summed E-state index contributed by atoms with van der Waals surface area (Å²) in [6.07, 6.45) is 0. The number of nitrogens with one attached hydrogen (secondary N) is 1. The minimum absolute atomic E-state index is 0.836. The SMILES string of the molecule is Cc1cc(I)ccc1NCc1ccccc1Br. The van der Waals surface area contributed by atoms with Gasteiger partial charge in [0.2, 0.25) is 0 Å². The summed E-state index contributed by atoms with van der Waals surface area (Å²) in [6.45, 7) is 2.97. The maximum Gasteiger partial charge on any atom is 0.0412 e. The smallest absolute Gasteiger partial charge is 0.0412 e. The lowest BCUT2D eigenvalue weighted by atomic mass is 10.2. The van der Waals surface area contributed by atoms with Gasteiger partial charge in [0, 0.05) is 20.3 Å². The zero-order chi connectivity index (χ0) is 12.3. The van der Waals surface area contributed by atoms with E-state index in [0.717, 1.165) is 11.0 Å². The van der Waals surface area contributed by atoms with E-state index in [2.05, 4.69) is 87.2 Å². The van der Waals surface area contributed by atoms with Crippen LogP contribution in [0.5, 0.6) is 0 Å². The zero-order valence-electron chi connectivity index (χ0n) is 9.50. The van der Waals surface area contributed by atoms with Gasteiger partial charge in [-0.25, -0.2) is 0 Å². The molecule has 17 heavy (non-hydrogen) atoms. The van der Waals surface area contributed by atoms with Crippen molar-refractivity contribution in [2.24, 2.45) is 0 Å². The molecule has 88 valence electrons. The Labute approximate surface area is 124 Å². The minimum atomic E-state index is 0.836. The predicted octanol–water partition coefficient (Wildman–Crippen LogP) is 4.97. The number of rotatable bonds is 3. The summed E-state index contributed by atoms with van der Waals surface area (Å²) in [5.74, 6) is 0. The van der Waals surface area contributed by atoms with Crippen molar-refractivity contribution in [1.29, 1.82) is 0 Å². The summed E-state index contributed by atoms with van der Waals surface area (Å²) >= 11 is 5.89. The van der Waals surface area contributed by atoms with Gasteiger partial charge in [0.05, 0.1) is 0 Å². The van der Waals surface area contributed by atoms with Crippen LogP contribution in [-0.4, -0.2) is 0 Å². The van der Waals surface area contributed by atoms with Crippen LogP contribution >= 0.6 is 38.5 Å². The molecule has 1 nitrogen and oxygen atoms in total. The second-order valence-corrected chi connectivity index (χ2v) is 6.00. The predicted molar refractivity (Wildman–Crippen MR) is 85.4 cm³/mol. The number of hydrogen-bond donors (Lipinski definition) is 1. The summed E-state index contributed by atoms with van der Waals surface area (Å²) in [5.41, 5.74) is 3.75. The summed E-state index contributed by atoms with van der Waals surface area (Å²) in [5, 5.41) is 3.46. The van der Waals surface area contributed by atoms with Gasteiger partial charge >= 0.3 is 0 Å². The number of benzene rings is 2. The van der Waals surface area contributed by atoms with Crippen molar-refractivity contribution in [3.05, 3.63) is 61.6 Å². The molecule has 0 aliphatic carbocycles. The molecule has 0 spiro atoms. The Morgan fingerprint density at radius 3 is 2.65 bits per heavy atom. The molecule has 0 aliphatic rings. The van der Waals surface area contributed by atoms with E-state index in [9.17, 15) is 0 Å². The Kier molecular flexibility index (Phi) is 4.45. The lowest BCUT2D eigenvalue weighted by molar-refractivity contribution is 1.13. The molecule has 0 heterocycles. The first-order chi connectivity index (χ1) is 8.16. The highest BCUT2D eigenvalue weighted by atomic mass is 127. The van der Waals surface area contributed by atoms with Crippen LogP contribution in [-0.2, 0) is 6.54 Å². The zero-order valence-corrected chi connectivity index (χ0v) is 13.2. The summed E-state index contributed by atoms with van der Waals surface area (Å²) in [6, 6.07) is 14.7. The Hall–Kier alpha value is -0.550. The molecule has 0 bridgehead atoms. The largest absolute Gasteiger partial charge is 0.381 e. The molecular weight excluding hydrogens is 389 g/mol. The molecule has 1 N–H and O–H groups in total. The number of halogens is 2. The fourth-order valence-electron chi connectivity index (χ4n) is 1.66. The third kappa shape index (κ3) is 3.45. The van der Waals surface area contributed by atoms with Crippen LogP contribution in [0.4, 0.5) is 5.69 Å². The fraction of sp³-hybridized carbons (Fsp3) is 0.143. The molecule has 2 aromatic rings. The van der Waals surface area contributed by atoms with E-state index in [1.54, 1.807) is 0 Å². The molecule has 3 heteroatoms. The molecule has 0 saturated heterocycles. The van der Waals surface area contributed by atoms with Crippen molar-refractivity contribution in [2.45, 2.75) is 13.5 Å². The molecule has 0 saturated carbocycles. The van der Waals surface area contributed by atoms with E-state index < -0.39 is 0 Å². The number of aryl methyl sites for hydroxylation is 1. The van der Waals surface area contributed by atoms with E-state index in [1.165, 1.54) is 20.4 Å². The Morgan fingerprint density at radius 2 is 1.94 bits per heavy atom. The van der Waals surface area contributed by atoms with Gasteiger partial charge in [-0.1, -0.05) is 34.1 Å². The average Bonchev–Trinajstić information content (AvgIpc) is 2.30.